The summed E-state index contributed by atoms with van der Waals surface area (Å²) in [5, 5.41) is 1.25. The highest BCUT2D eigenvalue weighted by Gasteiger charge is 2.14. The van der Waals surface area contributed by atoms with E-state index in [9.17, 15) is 0 Å². The largest absolute Gasteiger partial charge is 0.300 e. The van der Waals surface area contributed by atoms with Crippen molar-refractivity contribution >= 4 is 28.0 Å². The van der Waals surface area contributed by atoms with E-state index in [1.165, 1.54) is 46.0 Å². The number of alkyl halides is 1. The van der Waals surface area contributed by atoms with Crippen molar-refractivity contribution in [1.82, 2.24) is 9.38 Å². The molecule has 0 saturated carbocycles. The van der Waals surface area contributed by atoms with Crippen LogP contribution in [0.15, 0.2) is 60.9 Å². The lowest BCUT2D eigenvalue weighted by molar-refractivity contribution is 0.784. The third kappa shape index (κ3) is 3.66. The van der Waals surface area contributed by atoms with E-state index in [0.29, 0.717) is 5.88 Å². The second kappa shape index (κ2) is 8.36. The number of benzene rings is 2. The predicted octanol–water partition coefficient (Wildman–Crippen LogP) is 6.76. The molecule has 2 heterocycles. The van der Waals surface area contributed by atoms with Crippen molar-refractivity contribution in [3.05, 3.63) is 83.3 Å². The van der Waals surface area contributed by atoms with Crippen molar-refractivity contribution < 1.29 is 0 Å². The SMILES string of the molecule is CCCCc1ccc(C(C)c2cc3cc4ccccc4n3cn2)cc1CCCl. The molecule has 0 radical (unpaired) electrons. The highest BCUT2D eigenvalue weighted by molar-refractivity contribution is 6.18. The van der Waals surface area contributed by atoms with Crippen molar-refractivity contribution in [2.45, 2.75) is 45.4 Å². The van der Waals surface area contributed by atoms with E-state index in [0.717, 1.165) is 18.5 Å². The molecule has 1 atom stereocenters. The average molecular weight is 391 g/mol. The summed E-state index contributed by atoms with van der Waals surface area (Å²) in [7, 11) is 0. The van der Waals surface area contributed by atoms with Gasteiger partial charge in [-0.05, 0) is 54.2 Å². The Balaban J connectivity index is 1.69. The van der Waals surface area contributed by atoms with Gasteiger partial charge in [-0.2, -0.15) is 0 Å². The van der Waals surface area contributed by atoms with Gasteiger partial charge in [0.2, 0.25) is 0 Å². The normalized spacial score (nSPS) is 12.7. The van der Waals surface area contributed by atoms with Gasteiger partial charge in [0.15, 0.2) is 0 Å². The van der Waals surface area contributed by atoms with Crippen molar-refractivity contribution in [2.24, 2.45) is 0 Å². The summed E-state index contributed by atoms with van der Waals surface area (Å²) in [6, 6.07) is 19.8. The van der Waals surface area contributed by atoms with Gasteiger partial charge < -0.3 is 4.40 Å². The van der Waals surface area contributed by atoms with Crippen LogP contribution in [0.5, 0.6) is 0 Å². The zero-order valence-electron chi connectivity index (χ0n) is 16.7. The van der Waals surface area contributed by atoms with E-state index < -0.39 is 0 Å². The number of nitrogens with zero attached hydrogens (tertiary/aromatic N) is 2. The molecule has 28 heavy (non-hydrogen) atoms. The van der Waals surface area contributed by atoms with E-state index in [1.807, 2.05) is 6.33 Å². The lowest BCUT2D eigenvalue weighted by Gasteiger charge is -2.16. The van der Waals surface area contributed by atoms with Crippen molar-refractivity contribution in [3.8, 4) is 0 Å². The quantitative estimate of drug-likeness (QED) is 0.318. The Labute approximate surface area is 172 Å². The highest BCUT2D eigenvalue weighted by Crippen LogP contribution is 2.28. The second-order valence-corrected chi connectivity index (χ2v) is 7.98. The van der Waals surface area contributed by atoms with Gasteiger partial charge in [-0.25, -0.2) is 4.98 Å². The minimum Gasteiger partial charge on any atom is -0.300 e. The Hall–Kier alpha value is -2.32. The molecule has 144 valence electrons. The summed E-state index contributed by atoms with van der Waals surface area (Å²) < 4.78 is 2.17. The molecule has 0 aliphatic heterocycles. The standard InChI is InChI=1S/C25H27ClN2/c1-3-4-7-19-10-11-20(14-21(19)12-13-26)18(2)24-16-23-15-22-8-5-6-9-25(22)28(23)17-27-24/h5-6,8-11,14-18H,3-4,7,12-13H2,1-2H3. The number of halogens is 1. The first kappa shape index (κ1) is 19.0. The number of para-hydroxylation sites is 1. The van der Waals surface area contributed by atoms with Crippen LogP contribution in [-0.4, -0.2) is 15.3 Å². The molecular weight excluding hydrogens is 364 g/mol. The molecule has 0 saturated heterocycles. The Morgan fingerprint density at radius 2 is 1.86 bits per heavy atom. The first-order chi connectivity index (χ1) is 13.7. The van der Waals surface area contributed by atoms with Gasteiger partial charge in [-0.15, -0.1) is 11.6 Å². The number of rotatable bonds is 7. The molecule has 0 aliphatic rings. The molecule has 2 aromatic carbocycles. The number of hydrogen-bond acceptors (Lipinski definition) is 1. The monoisotopic (exact) mass is 390 g/mol. The van der Waals surface area contributed by atoms with Crippen LogP contribution in [0.2, 0.25) is 0 Å². The summed E-state index contributed by atoms with van der Waals surface area (Å²) in [6.07, 6.45) is 6.47. The van der Waals surface area contributed by atoms with Crippen LogP contribution >= 0.6 is 11.6 Å². The van der Waals surface area contributed by atoms with E-state index in [4.69, 9.17) is 16.6 Å². The molecule has 3 heteroatoms. The van der Waals surface area contributed by atoms with E-state index in [2.05, 4.69) is 72.8 Å². The number of unbranched alkanes of at least 4 members (excludes halogenated alkanes) is 1. The molecule has 2 nitrogen and oxygen atoms in total. The van der Waals surface area contributed by atoms with E-state index in [1.54, 1.807) is 0 Å². The summed E-state index contributed by atoms with van der Waals surface area (Å²) in [6.45, 7) is 4.48. The van der Waals surface area contributed by atoms with Gasteiger partial charge in [-0.3, -0.25) is 0 Å². The Morgan fingerprint density at radius 3 is 2.68 bits per heavy atom. The molecule has 0 fully saturated rings. The maximum atomic E-state index is 6.08. The smallest absolute Gasteiger partial charge is 0.0999 e. The van der Waals surface area contributed by atoms with Crippen molar-refractivity contribution in [1.29, 1.82) is 0 Å². The number of aryl methyl sites for hydroxylation is 2. The predicted molar refractivity (Wildman–Crippen MR) is 120 cm³/mol. The number of hydrogen-bond donors (Lipinski definition) is 0. The van der Waals surface area contributed by atoms with E-state index in [-0.39, 0.29) is 5.92 Å². The Kier molecular flexibility index (Phi) is 5.68. The van der Waals surface area contributed by atoms with Crippen LogP contribution in [0.4, 0.5) is 0 Å². The second-order valence-electron chi connectivity index (χ2n) is 7.60. The summed E-state index contributed by atoms with van der Waals surface area (Å²) in [5.74, 6) is 0.912. The molecule has 1 unspecified atom stereocenters. The molecule has 0 bridgehead atoms. The van der Waals surface area contributed by atoms with Crippen molar-refractivity contribution in [2.75, 3.05) is 5.88 Å². The van der Waals surface area contributed by atoms with Crippen LogP contribution in [0.25, 0.3) is 16.4 Å². The molecule has 4 rings (SSSR count). The molecule has 0 spiro atoms. The van der Waals surface area contributed by atoms with Crippen molar-refractivity contribution in [3.63, 3.8) is 0 Å². The van der Waals surface area contributed by atoms with Gasteiger partial charge in [0.05, 0.1) is 17.5 Å². The summed E-state index contributed by atoms with van der Waals surface area (Å²) >= 11 is 6.08. The molecule has 4 aromatic rings. The van der Waals surface area contributed by atoms with Crippen LogP contribution in [0.3, 0.4) is 0 Å². The van der Waals surface area contributed by atoms with Crippen LogP contribution < -0.4 is 0 Å². The molecular formula is C25H27ClN2. The third-order valence-corrected chi connectivity index (χ3v) is 5.92. The minimum atomic E-state index is 0.248. The number of aromatic nitrogens is 2. The minimum absolute atomic E-state index is 0.248. The van der Waals surface area contributed by atoms with Gasteiger partial charge >= 0.3 is 0 Å². The fraction of sp³-hybridized carbons (Fsp3) is 0.320. The Bertz CT molecular complexity index is 1100. The first-order valence-electron chi connectivity index (χ1n) is 10.2. The van der Waals surface area contributed by atoms with Crippen LogP contribution in [0.1, 0.15) is 55.0 Å². The third-order valence-electron chi connectivity index (χ3n) is 5.73. The molecule has 0 aliphatic carbocycles. The first-order valence-corrected chi connectivity index (χ1v) is 10.8. The van der Waals surface area contributed by atoms with Crippen LogP contribution in [-0.2, 0) is 12.8 Å². The zero-order chi connectivity index (χ0) is 19.5. The van der Waals surface area contributed by atoms with Gasteiger partial charge in [0.25, 0.3) is 0 Å². The topological polar surface area (TPSA) is 17.3 Å². The van der Waals surface area contributed by atoms with Crippen LogP contribution in [0, 0.1) is 0 Å². The summed E-state index contributed by atoms with van der Waals surface area (Å²) in [4.78, 5) is 4.79. The summed E-state index contributed by atoms with van der Waals surface area (Å²) in [5.41, 5.74) is 7.65. The molecule has 0 N–H and O–H groups in total. The molecule has 2 aromatic heterocycles. The highest BCUT2D eigenvalue weighted by atomic mass is 35.5. The number of fused-ring (bicyclic) bond motifs is 3. The van der Waals surface area contributed by atoms with Gasteiger partial charge in [0.1, 0.15) is 0 Å². The average Bonchev–Trinajstić information content (AvgIpc) is 3.10. The van der Waals surface area contributed by atoms with E-state index >= 15 is 0 Å². The molecule has 0 amide bonds. The Morgan fingerprint density at radius 1 is 1.00 bits per heavy atom. The maximum absolute atomic E-state index is 6.08. The fourth-order valence-electron chi connectivity index (χ4n) is 4.02. The van der Waals surface area contributed by atoms with Gasteiger partial charge in [0, 0.05) is 22.7 Å². The zero-order valence-corrected chi connectivity index (χ0v) is 17.4. The fourth-order valence-corrected chi connectivity index (χ4v) is 4.22. The lowest BCUT2D eigenvalue weighted by Crippen LogP contribution is -2.04. The van der Waals surface area contributed by atoms with Gasteiger partial charge in [-0.1, -0.05) is 56.7 Å². The lowest BCUT2D eigenvalue weighted by atomic mass is 9.91. The maximum Gasteiger partial charge on any atom is 0.0999 e.